The van der Waals surface area contributed by atoms with Gasteiger partial charge in [-0.25, -0.2) is 0 Å². The molecule has 1 aromatic carbocycles. The summed E-state index contributed by atoms with van der Waals surface area (Å²) in [6, 6.07) is 6.50. The molecule has 0 aliphatic heterocycles. The normalized spacial score (nSPS) is 21.7. The highest BCUT2D eigenvalue weighted by Gasteiger charge is 2.43. The summed E-state index contributed by atoms with van der Waals surface area (Å²) in [7, 11) is 0. The summed E-state index contributed by atoms with van der Waals surface area (Å²) in [5.74, 6) is -1.82. The van der Waals surface area contributed by atoms with Gasteiger partial charge in [0.1, 0.15) is 12.4 Å². The Morgan fingerprint density at radius 2 is 1.96 bits per heavy atom. The van der Waals surface area contributed by atoms with Crippen LogP contribution >= 0.6 is 0 Å². The van der Waals surface area contributed by atoms with Crippen LogP contribution in [0.25, 0.3) is 0 Å². The molecule has 0 spiro atoms. The number of amides is 1. The van der Waals surface area contributed by atoms with E-state index in [9.17, 15) is 18.0 Å². The fraction of sp³-hybridized carbons (Fsp3) is 0.562. The Bertz CT molecular complexity index is 516. The number of hydrogen-bond donors (Lipinski definition) is 2. The van der Waals surface area contributed by atoms with Gasteiger partial charge in [-0.2, -0.15) is 13.2 Å². The lowest BCUT2D eigenvalue weighted by atomic mass is 9.80. The molecule has 1 aliphatic carbocycles. The average Bonchev–Trinajstić information content (AvgIpc) is 2.53. The van der Waals surface area contributed by atoms with Gasteiger partial charge in [0.15, 0.2) is 0 Å². The standard InChI is InChI=1S/C16H20F3NO3/c17-16(18,19)12-3-1-2-11(10-12)15(22)20-13-4-6-14(7-5-13)23-9-8-21/h4-7,11-12,21H,1-3,8-10H2,(H,20,22). The van der Waals surface area contributed by atoms with Gasteiger partial charge < -0.3 is 15.2 Å². The molecule has 128 valence electrons. The lowest BCUT2D eigenvalue weighted by Crippen LogP contribution is -2.34. The molecule has 0 bridgehead atoms. The van der Waals surface area contributed by atoms with E-state index >= 15 is 0 Å². The molecular formula is C16H20F3NO3. The molecule has 0 aromatic heterocycles. The number of aliphatic hydroxyl groups is 1. The van der Waals surface area contributed by atoms with Crippen molar-refractivity contribution in [1.29, 1.82) is 0 Å². The van der Waals surface area contributed by atoms with Crippen molar-refractivity contribution in [3.63, 3.8) is 0 Å². The molecule has 2 N–H and O–H groups in total. The summed E-state index contributed by atoms with van der Waals surface area (Å²) in [6.45, 7) is 0.0765. The highest BCUT2D eigenvalue weighted by molar-refractivity contribution is 5.92. The van der Waals surface area contributed by atoms with Crippen LogP contribution in [0.2, 0.25) is 0 Å². The zero-order valence-corrected chi connectivity index (χ0v) is 12.6. The zero-order chi connectivity index (χ0) is 16.9. The third-order valence-electron chi connectivity index (χ3n) is 3.99. The summed E-state index contributed by atoms with van der Waals surface area (Å²) >= 11 is 0. The first-order chi connectivity index (χ1) is 10.9. The number of benzene rings is 1. The molecule has 1 amide bonds. The van der Waals surface area contributed by atoms with Crippen LogP contribution in [0.15, 0.2) is 24.3 Å². The Balaban J connectivity index is 1.91. The van der Waals surface area contributed by atoms with Crippen LogP contribution < -0.4 is 10.1 Å². The maximum absolute atomic E-state index is 12.8. The maximum Gasteiger partial charge on any atom is 0.391 e. The zero-order valence-electron chi connectivity index (χ0n) is 12.6. The number of carbonyl (C=O) groups excluding carboxylic acids is 1. The fourth-order valence-corrected chi connectivity index (χ4v) is 2.77. The van der Waals surface area contributed by atoms with Crippen molar-refractivity contribution in [3.05, 3.63) is 24.3 Å². The smallest absolute Gasteiger partial charge is 0.391 e. The number of hydrogen-bond acceptors (Lipinski definition) is 3. The van der Waals surface area contributed by atoms with Crippen LogP contribution in [0, 0.1) is 11.8 Å². The Labute approximate surface area is 132 Å². The van der Waals surface area contributed by atoms with E-state index in [0.717, 1.165) is 0 Å². The molecule has 1 aromatic rings. The number of nitrogens with one attached hydrogen (secondary N) is 1. The Hall–Kier alpha value is -1.76. The summed E-state index contributed by atoms with van der Waals surface area (Å²) in [4.78, 5) is 12.2. The molecule has 2 atom stereocenters. The molecule has 2 unspecified atom stereocenters. The molecule has 1 fully saturated rings. The number of alkyl halides is 3. The van der Waals surface area contributed by atoms with Crippen LogP contribution in [-0.2, 0) is 4.79 Å². The molecule has 0 heterocycles. The first-order valence-corrected chi connectivity index (χ1v) is 7.61. The van der Waals surface area contributed by atoms with Crippen molar-refractivity contribution in [3.8, 4) is 5.75 Å². The molecule has 7 heteroatoms. The number of carbonyl (C=O) groups is 1. The van der Waals surface area contributed by atoms with E-state index in [1.54, 1.807) is 24.3 Å². The van der Waals surface area contributed by atoms with Crippen molar-refractivity contribution in [2.75, 3.05) is 18.5 Å². The largest absolute Gasteiger partial charge is 0.491 e. The maximum atomic E-state index is 12.8. The van der Waals surface area contributed by atoms with Crippen LogP contribution in [0.3, 0.4) is 0 Å². The van der Waals surface area contributed by atoms with E-state index < -0.39 is 18.0 Å². The van der Waals surface area contributed by atoms with Crippen molar-refractivity contribution in [2.45, 2.75) is 31.9 Å². The van der Waals surface area contributed by atoms with Gasteiger partial charge in [-0.3, -0.25) is 4.79 Å². The highest BCUT2D eigenvalue weighted by Crippen LogP contribution is 2.40. The van der Waals surface area contributed by atoms with Gasteiger partial charge in [-0.05, 0) is 43.5 Å². The average molecular weight is 331 g/mol. The van der Waals surface area contributed by atoms with Crippen LogP contribution in [0.5, 0.6) is 5.75 Å². The third-order valence-corrected chi connectivity index (χ3v) is 3.99. The number of halogens is 3. The highest BCUT2D eigenvalue weighted by atomic mass is 19.4. The predicted octanol–water partition coefficient (Wildman–Crippen LogP) is 3.36. The van der Waals surface area contributed by atoms with Gasteiger partial charge in [0.05, 0.1) is 12.5 Å². The molecule has 0 radical (unpaired) electrons. The number of ether oxygens (including phenoxy) is 1. The molecule has 1 aliphatic rings. The predicted molar refractivity (Wildman–Crippen MR) is 79.2 cm³/mol. The number of aliphatic hydroxyl groups excluding tert-OH is 1. The molecule has 4 nitrogen and oxygen atoms in total. The van der Waals surface area contributed by atoms with Crippen molar-refractivity contribution >= 4 is 11.6 Å². The van der Waals surface area contributed by atoms with E-state index in [4.69, 9.17) is 9.84 Å². The topological polar surface area (TPSA) is 58.6 Å². The van der Waals surface area contributed by atoms with Gasteiger partial charge in [-0.1, -0.05) is 6.42 Å². The van der Waals surface area contributed by atoms with Crippen molar-refractivity contribution < 1.29 is 27.8 Å². The van der Waals surface area contributed by atoms with E-state index in [-0.39, 0.29) is 32.0 Å². The van der Waals surface area contributed by atoms with Gasteiger partial charge in [0, 0.05) is 11.6 Å². The van der Waals surface area contributed by atoms with Gasteiger partial charge in [-0.15, -0.1) is 0 Å². The third kappa shape index (κ3) is 5.13. The monoisotopic (exact) mass is 331 g/mol. The van der Waals surface area contributed by atoms with Gasteiger partial charge in [0.2, 0.25) is 5.91 Å². The SMILES string of the molecule is O=C(Nc1ccc(OCCO)cc1)C1CCCC(C(F)(F)F)C1. The lowest BCUT2D eigenvalue weighted by molar-refractivity contribution is -0.185. The van der Waals surface area contributed by atoms with E-state index in [0.29, 0.717) is 24.3 Å². The summed E-state index contributed by atoms with van der Waals surface area (Å²) in [5.41, 5.74) is 0.514. The Kier molecular flexibility index (Phi) is 5.87. The fourth-order valence-electron chi connectivity index (χ4n) is 2.77. The van der Waals surface area contributed by atoms with Crippen molar-refractivity contribution in [2.24, 2.45) is 11.8 Å². The van der Waals surface area contributed by atoms with Crippen LogP contribution in [-0.4, -0.2) is 30.4 Å². The molecule has 23 heavy (non-hydrogen) atoms. The Morgan fingerprint density at radius 3 is 2.57 bits per heavy atom. The molecule has 2 rings (SSSR count). The van der Waals surface area contributed by atoms with Crippen LogP contribution in [0.4, 0.5) is 18.9 Å². The minimum Gasteiger partial charge on any atom is -0.491 e. The summed E-state index contributed by atoms with van der Waals surface area (Å²) in [5, 5.41) is 11.3. The second kappa shape index (κ2) is 7.68. The van der Waals surface area contributed by atoms with Gasteiger partial charge in [0.25, 0.3) is 0 Å². The minimum atomic E-state index is -4.23. The lowest BCUT2D eigenvalue weighted by Gasteiger charge is -2.29. The first kappa shape index (κ1) is 17.6. The minimum absolute atomic E-state index is 0.0967. The molecule has 1 saturated carbocycles. The molecular weight excluding hydrogens is 311 g/mol. The Morgan fingerprint density at radius 1 is 1.26 bits per heavy atom. The summed E-state index contributed by atoms with van der Waals surface area (Å²) < 4.78 is 43.6. The number of rotatable bonds is 5. The molecule has 0 saturated heterocycles. The quantitative estimate of drug-likeness (QED) is 0.870. The summed E-state index contributed by atoms with van der Waals surface area (Å²) in [6.07, 6.45) is -3.38. The van der Waals surface area contributed by atoms with Crippen molar-refractivity contribution in [1.82, 2.24) is 0 Å². The van der Waals surface area contributed by atoms with Crippen LogP contribution in [0.1, 0.15) is 25.7 Å². The van der Waals surface area contributed by atoms with E-state index in [2.05, 4.69) is 5.32 Å². The second-order valence-corrected chi connectivity index (χ2v) is 5.69. The van der Waals surface area contributed by atoms with Gasteiger partial charge >= 0.3 is 6.18 Å². The van der Waals surface area contributed by atoms with E-state index in [1.807, 2.05) is 0 Å². The number of anilines is 1. The second-order valence-electron chi connectivity index (χ2n) is 5.69. The first-order valence-electron chi connectivity index (χ1n) is 7.61. The van der Waals surface area contributed by atoms with E-state index in [1.165, 1.54) is 0 Å².